The van der Waals surface area contributed by atoms with Crippen molar-refractivity contribution in [1.29, 1.82) is 0 Å². The quantitative estimate of drug-likeness (QED) is 0.448. The molecule has 10 heteroatoms. The lowest BCUT2D eigenvalue weighted by Gasteiger charge is -2.32. The summed E-state index contributed by atoms with van der Waals surface area (Å²) >= 11 is 0. The second-order valence-electron chi connectivity index (χ2n) is 11.6. The molecule has 1 atom stereocenters. The molecular weight excluding hydrogens is 456 g/mol. The Morgan fingerprint density at radius 1 is 1.08 bits per heavy atom. The van der Waals surface area contributed by atoms with Crippen molar-refractivity contribution >= 4 is 22.9 Å². The number of aromatic amines is 1. The van der Waals surface area contributed by atoms with Gasteiger partial charge in [0.25, 0.3) is 0 Å². The van der Waals surface area contributed by atoms with Crippen LogP contribution in [0, 0.1) is 23.7 Å². The second-order valence-corrected chi connectivity index (χ2v) is 11.6. The highest BCUT2D eigenvalue weighted by molar-refractivity contribution is 5.87. The Hall–Kier alpha value is -2.91. The average molecular weight is 495 g/mol. The van der Waals surface area contributed by atoms with Crippen molar-refractivity contribution in [3.05, 3.63) is 10.6 Å². The number of hydrogen-bond donors (Lipinski definition) is 2. The van der Waals surface area contributed by atoms with Crippen molar-refractivity contribution in [3.8, 4) is 11.6 Å². The molecule has 0 bridgehead atoms. The minimum absolute atomic E-state index is 0.227. The van der Waals surface area contributed by atoms with Gasteiger partial charge < -0.3 is 14.8 Å². The molecule has 3 fully saturated rings. The van der Waals surface area contributed by atoms with Crippen molar-refractivity contribution in [1.82, 2.24) is 29.7 Å². The monoisotopic (exact) mass is 494 g/mol. The molecule has 3 aliphatic rings. The van der Waals surface area contributed by atoms with Gasteiger partial charge >= 0.3 is 5.76 Å². The molecule has 3 heterocycles. The fraction of sp³-hybridized carbons (Fsp3) is 0.731. The van der Waals surface area contributed by atoms with Gasteiger partial charge in [0.15, 0.2) is 11.5 Å². The van der Waals surface area contributed by atoms with Gasteiger partial charge in [0.1, 0.15) is 5.52 Å². The van der Waals surface area contributed by atoms with Crippen molar-refractivity contribution in [3.63, 3.8) is 0 Å². The number of hydrogen-bond acceptors (Lipinski definition) is 8. The molecular formula is C26H38N8O2. The number of imidazole rings is 1. The van der Waals surface area contributed by atoms with E-state index in [4.69, 9.17) is 19.5 Å². The van der Waals surface area contributed by atoms with E-state index < -0.39 is 5.76 Å². The first-order chi connectivity index (χ1) is 17.4. The highest BCUT2D eigenvalue weighted by atomic mass is 16.5. The number of rotatable bonds is 9. The van der Waals surface area contributed by atoms with Crippen molar-refractivity contribution in [2.45, 2.75) is 84.2 Å². The summed E-state index contributed by atoms with van der Waals surface area (Å²) in [5, 5.41) is 7.56. The maximum atomic E-state index is 11.6. The summed E-state index contributed by atoms with van der Waals surface area (Å²) in [4.78, 5) is 31.2. The number of H-pyrrole nitrogens is 1. The van der Waals surface area contributed by atoms with Gasteiger partial charge in [-0.2, -0.15) is 4.98 Å². The summed E-state index contributed by atoms with van der Waals surface area (Å²) in [6.45, 7) is 6.52. The molecule has 3 aromatic heterocycles. The van der Waals surface area contributed by atoms with E-state index in [0.29, 0.717) is 23.3 Å². The number of aromatic nitrogens is 6. The topological polar surface area (TPSA) is 118 Å². The lowest BCUT2D eigenvalue weighted by atomic mass is 9.80. The molecule has 0 unspecified atom stereocenters. The van der Waals surface area contributed by atoms with Gasteiger partial charge in [0.2, 0.25) is 17.6 Å². The zero-order valence-electron chi connectivity index (χ0n) is 21.7. The molecule has 3 aromatic rings. The highest BCUT2D eigenvalue weighted by Crippen LogP contribution is 2.37. The highest BCUT2D eigenvalue weighted by Gasteiger charge is 2.30. The summed E-state index contributed by atoms with van der Waals surface area (Å²) in [6.07, 6.45) is 11.4. The van der Waals surface area contributed by atoms with Gasteiger partial charge in [0.05, 0.1) is 0 Å². The minimum Gasteiger partial charge on any atom is -0.365 e. The predicted octanol–water partition coefficient (Wildman–Crippen LogP) is 4.44. The smallest absolute Gasteiger partial charge is 0.365 e. The van der Waals surface area contributed by atoms with E-state index in [0.717, 1.165) is 42.2 Å². The lowest BCUT2D eigenvalue weighted by molar-refractivity contribution is 0.267. The van der Waals surface area contributed by atoms with E-state index in [1.807, 2.05) is 0 Å². The molecule has 10 nitrogen and oxygen atoms in total. The van der Waals surface area contributed by atoms with Crippen LogP contribution in [0.5, 0.6) is 0 Å². The molecule has 0 spiro atoms. The van der Waals surface area contributed by atoms with Crippen LogP contribution in [0.25, 0.3) is 22.8 Å². The number of anilines is 2. The third-order valence-corrected chi connectivity index (χ3v) is 8.60. The van der Waals surface area contributed by atoms with Gasteiger partial charge in [-0.1, -0.05) is 31.3 Å². The summed E-state index contributed by atoms with van der Waals surface area (Å²) in [5.74, 6) is 4.47. The fourth-order valence-corrected chi connectivity index (χ4v) is 5.83. The Bertz CT molecular complexity index is 1260. The van der Waals surface area contributed by atoms with E-state index in [1.165, 1.54) is 57.8 Å². The van der Waals surface area contributed by atoms with Crippen LogP contribution in [-0.2, 0) is 6.54 Å². The minimum atomic E-state index is -0.618. The van der Waals surface area contributed by atoms with Gasteiger partial charge in [-0.15, -0.1) is 0 Å². The zero-order chi connectivity index (χ0) is 24.8. The standard InChI is InChI=1S/C26H38N8O2/c1-15-7-9-18(10-8-15)14-34-20-21(27-16(2)19-5-4-6-19)28-23(24-31-26(35)36-32-24)29-22(20)30-25(34)33(3)13-17-11-12-17/h15-19H,4-14H2,1-3H3,(H,27,28,29)(H,31,32,35)/t15?,16-,18?/m1/s1. The van der Waals surface area contributed by atoms with Crippen LogP contribution >= 0.6 is 0 Å². The van der Waals surface area contributed by atoms with Crippen LogP contribution in [0.1, 0.15) is 71.6 Å². The van der Waals surface area contributed by atoms with Gasteiger partial charge in [-0.05, 0) is 69.1 Å². The Balaban J connectivity index is 1.45. The molecule has 3 aliphatic carbocycles. The van der Waals surface area contributed by atoms with E-state index in [-0.39, 0.29) is 11.9 Å². The fourth-order valence-electron chi connectivity index (χ4n) is 5.83. The number of nitrogens with zero attached hydrogens (tertiary/aromatic N) is 6. The Labute approximate surface area is 211 Å². The Morgan fingerprint density at radius 3 is 2.47 bits per heavy atom. The van der Waals surface area contributed by atoms with Crippen LogP contribution in [0.4, 0.5) is 11.8 Å². The maximum Gasteiger partial charge on any atom is 0.439 e. The summed E-state index contributed by atoms with van der Waals surface area (Å²) < 4.78 is 7.11. The molecule has 3 saturated carbocycles. The summed E-state index contributed by atoms with van der Waals surface area (Å²) in [6, 6.07) is 0.285. The van der Waals surface area contributed by atoms with Gasteiger partial charge in [-0.25, -0.2) is 14.8 Å². The molecule has 6 rings (SSSR count). The maximum absolute atomic E-state index is 11.6. The van der Waals surface area contributed by atoms with E-state index in [9.17, 15) is 4.79 Å². The first kappa shape index (κ1) is 23.5. The van der Waals surface area contributed by atoms with Crippen LogP contribution in [0.2, 0.25) is 0 Å². The first-order valence-corrected chi connectivity index (χ1v) is 13.8. The molecule has 0 aromatic carbocycles. The second kappa shape index (κ2) is 9.52. The molecule has 36 heavy (non-hydrogen) atoms. The van der Waals surface area contributed by atoms with Crippen LogP contribution in [-0.4, -0.2) is 49.3 Å². The lowest BCUT2D eigenvalue weighted by Crippen LogP contribution is -2.31. The molecule has 0 radical (unpaired) electrons. The number of fused-ring (bicyclic) bond motifs is 1. The largest absolute Gasteiger partial charge is 0.439 e. The predicted molar refractivity (Wildman–Crippen MR) is 139 cm³/mol. The summed E-state index contributed by atoms with van der Waals surface area (Å²) in [7, 11) is 2.15. The van der Waals surface area contributed by atoms with Crippen LogP contribution < -0.4 is 16.0 Å². The third-order valence-electron chi connectivity index (χ3n) is 8.60. The average Bonchev–Trinajstić information content (AvgIpc) is 3.39. The molecule has 2 N–H and O–H groups in total. The molecule has 0 saturated heterocycles. The zero-order valence-corrected chi connectivity index (χ0v) is 21.7. The van der Waals surface area contributed by atoms with E-state index in [2.05, 4.69) is 45.8 Å². The molecule has 0 amide bonds. The normalized spacial score (nSPS) is 23.5. The molecule has 194 valence electrons. The summed E-state index contributed by atoms with van der Waals surface area (Å²) in [5.41, 5.74) is 1.58. The SMILES string of the molecule is CC1CCC(Cn2c(N(C)CC3CC3)nc3nc(-c4noc(=O)[nH]4)nc(N[C@H](C)C4CCC4)c32)CC1. The van der Waals surface area contributed by atoms with Crippen molar-refractivity contribution < 1.29 is 4.52 Å². The Kier molecular flexibility index (Phi) is 6.21. The Morgan fingerprint density at radius 2 is 1.83 bits per heavy atom. The first-order valence-electron chi connectivity index (χ1n) is 13.8. The van der Waals surface area contributed by atoms with E-state index in [1.54, 1.807) is 0 Å². The third kappa shape index (κ3) is 4.74. The number of nitrogens with one attached hydrogen (secondary N) is 2. The van der Waals surface area contributed by atoms with Crippen LogP contribution in [0.15, 0.2) is 9.32 Å². The molecule has 0 aliphatic heterocycles. The van der Waals surface area contributed by atoms with Crippen molar-refractivity contribution in [2.24, 2.45) is 23.7 Å². The van der Waals surface area contributed by atoms with Crippen molar-refractivity contribution in [2.75, 3.05) is 23.8 Å². The van der Waals surface area contributed by atoms with Gasteiger partial charge in [-0.3, -0.25) is 9.51 Å². The van der Waals surface area contributed by atoms with Crippen LogP contribution in [0.3, 0.4) is 0 Å². The van der Waals surface area contributed by atoms with Gasteiger partial charge in [0, 0.05) is 26.2 Å². The van der Waals surface area contributed by atoms with E-state index >= 15 is 0 Å².